The molecule has 1 N–H and O–H groups in total. The summed E-state index contributed by atoms with van der Waals surface area (Å²) in [5, 5.41) is 11.6. The van der Waals surface area contributed by atoms with Crippen LogP contribution >= 0.6 is 15.9 Å². The molecule has 3 nitrogen and oxygen atoms in total. The van der Waals surface area contributed by atoms with Crippen molar-refractivity contribution >= 4 is 27.3 Å². The van der Waals surface area contributed by atoms with Gasteiger partial charge in [0.15, 0.2) is 0 Å². The predicted molar refractivity (Wildman–Crippen MR) is 75.1 cm³/mol. The predicted octanol–water partition coefficient (Wildman–Crippen LogP) is 4.21. The van der Waals surface area contributed by atoms with Crippen molar-refractivity contribution in [1.29, 1.82) is 5.26 Å². The number of methoxy groups -OCH3 is 1. The Labute approximate surface area is 118 Å². The first-order valence-corrected chi connectivity index (χ1v) is 6.23. The van der Waals surface area contributed by atoms with Crippen LogP contribution in [-0.4, -0.2) is 7.11 Å². The zero-order valence-electron chi connectivity index (χ0n) is 10.1. The van der Waals surface area contributed by atoms with Crippen molar-refractivity contribution in [2.45, 2.75) is 0 Å². The van der Waals surface area contributed by atoms with E-state index in [-0.39, 0.29) is 5.56 Å². The molecule has 0 heterocycles. The molecule has 0 atom stereocenters. The summed E-state index contributed by atoms with van der Waals surface area (Å²) in [6, 6.07) is 11.5. The van der Waals surface area contributed by atoms with E-state index in [1.165, 1.54) is 12.1 Å². The second kappa shape index (κ2) is 5.72. The average Bonchev–Trinajstić information content (AvgIpc) is 2.43. The van der Waals surface area contributed by atoms with Crippen molar-refractivity contribution in [3.63, 3.8) is 0 Å². The lowest BCUT2D eigenvalue weighted by Gasteiger charge is -2.11. The Morgan fingerprint density at radius 2 is 2.00 bits per heavy atom. The van der Waals surface area contributed by atoms with Gasteiger partial charge in [0.2, 0.25) is 0 Å². The maximum atomic E-state index is 13.8. The van der Waals surface area contributed by atoms with Crippen LogP contribution in [0.1, 0.15) is 5.56 Å². The first kappa shape index (κ1) is 13.4. The van der Waals surface area contributed by atoms with E-state index in [0.717, 1.165) is 4.47 Å². The first-order chi connectivity index (χ1) is 9.13. The van der Waals surface area contributed by atoms with Gasteiger partial charge >= 0.3 is 0 Å². The summed E-state index contributed by atoms with van der Waals surface area (Å²) < 4.78 is 19.7. The molecule has 2 rings (SSSR count). The minimum Gasteiger partial charge on any atom is -0.497 e. The topological polar surface area (TPSA) is 45.0 Å². The van der Waals surface area contributed by atoms with E-state index in [9.17, 15) is 4.39 Å². The van der Waals surface area contributed by atoms with Crippen molar-refractivity contribution in [3.05, 3.63) is 52.3 Å². The van der Waals surface area contributed by atoms with Gasteiger partial charge in [-0.25, -0.2) is 4.39 Å². The van der Waals surface area contributed by atoms with E-state index in [2.05, 4.69) is 21.2 Å². The molecule has 0 bridgehead atoms. The molecule has 0 saturated carbocycles. The Balaban J connectivity index is 2.33. The molecule has 19 heavy (non-hydrogen) atoms. The van der Waals surface area contributed by atoms with Gasteiger partial charge in [0, 0.05) is 10.5 Å². The third-order valence-corrected chi connectivity index (χ3v) is 3.23. The zero-order chi connectivity index (χ0) is 13.8. The van der Waals surface area contributed by atoms with Crippen LogP contribution < -0.4 is 10.1 Å². The fourth-order valence-electron chi connectivity index (χ4n) is 1.56. The first-order valence-electron chi connectivity index (χ1n) is 5.44. The Bertz CT molecular complexity index is 652. The van der Waals surface area contributed by atoms with Gasteiger partial charge in [0.05, 0.1) is 30.1 Å². The van der Waals surface area contributed by atoms with Gasteiger partial charge < -0.3 is 10.1 Å². The van der Waals surface area contributed by atoms with Gasteiger partial charge in [-0.15, -0.1) is 0 Å². The van der Waals surface area contributed by atoms with Gasteiger partial charge in [0.1, 0.15) is 11.6 Å². The second-order valence-electron chi connectivity index (χ2n) is 3.78. The van der Waals surface area contributed by atoms with E-state index in [1.54, 1.807) is 25.3 Å². The fraction of sp³-hybridized carbons (Fsp3) is 0.0714. The number of rotatable bonds is 3. The SMILES string of the molecule is COc1ccc(Br)c(Nc2ccc(C#N)cc2F)c1. The maximum Gasteiger partial charge on any atom is 0.147 e. The largest absolute Gasteiger partial charge is 0.497 e. The number of hydrogen-bond donors (Lipinski definition) is 1. The number of anilines is 2. The summed E-state index contributed by atoms with van der Waals surface area (Å²) in [7, 11) is 1.56. The fourth-order valence-corrected chi connectivity index (χ4v) is 1.90. The van der Waals surface area contributed by atoms with Crippen LogP contribution in [0.15, 0.2) is 40.9 Å². The lowest BCUT2D eigenvalue weighted by molar-refractivity contribution is 0.415. The molecule has 0 fully saturated rings. The van der Waals surface area contributed by atoms with E-state index < -0.39 is 5.82 Å². The molecular formula is C14H10BrFN2O. The summed E-state index contributed by atoms with van der Waals surface area (Å²) in [4.78, 5) is 0. The molecule has 2 aromatic rings. The smallest absolute Gasteiger partial charge is 0.147 e. The number of ether oxygens (including phenoxy) is 1. The highest BCUT2D eigenvalue weighted by Gasteiger charge is 2.07. The van der Waals surface area contributed by atoms with Crippen molar-refractivity contribution in [2.75, 3.05) is 12.4 Å². The van der Waals surface area contributed by atoms with E-state index in [1.807, 2.05) is 12.1 Å². The van der Waals surface area contributed by atoms with Crippen LogP contribution in [0.3, 0.4) is 0 Å². The minimum atomic E-state index is -0.478. The third kappa shape index (κ3) is 3.04. The molecule has 0 aliphatic heterocycles. The Morgan fingerprint density at radius 1 is 1.21 bits per heavy atom. The molecule has 2 aromatic carbocycles. The highest BCUT2D eigenvalue weighted by atomic mass is 79.9. The van der Waals surface area contributed by atoms with Gasteiger partial charge in [-0.2, -0.15) is 5.26 Å². The van der Waals surface area contributed by atoms with Crippen LogP contribution in [-0.2, 0) is 0 Å². The zero-order valence-corrected chi connectivity index (χ0v) is 11.7. The molecule has 0 saturated heterocycles. The van der Waals surface area contributed by atoms with Crippen molar-refractivity contribution < 1.29 is 9.13 Å². The molecule has 0 radical (unpaired) electrons. The molecule has 0 spiro atoms. The standard InChI is InChI=1S/C14H10BrFN2O/c1-19-10-3-4-11(15)14(7-10)18-13-5-2-9(8-17)6-12(13)16/h2-7,18H,1H3. The summed E-state index contributed by atoms with van der Waals surface area (Å²) in [5.41, 5.74) is 1.27. The normalized spacial score (nSPS) is 9.79. The maximum absolute atomic E-state index is 13.8. The van der Waals surface area contributed by atoms with Gasteiger partial charge in [-0.3, -0.25) is 0 Å². The Hall–Kier alpha value is -2.06. The highest BCUT2D eigenvalue weighted by molar-refractivity contribution is 9.10. The monoisotopic (exact) mass is 320 g/mol. The number of hydrogen-bond acceptors (Lipinski definition) is 3. The van der Waals surface area contributed by atoms with Crippen LogP contribution in [0.5, 0.6) is 5.75 Å². The van der Waals surface area contributed by atoms with E-state index in [4.69, 9.17) is 10.00 Å². The molecule has 96 valence electrons. The number of nitriles is 1. The quantitative estimate of drug-likeness (QED) is 0.921. The van der Waals surface area contributed by atoms with Crippen molar-refractivity contribution in [3.8, 4) is 11.8 Å². The number of benzene rings is 2. The molecule has 0 aromatic heterocycles. The molecule has 0 amide bonds. The van der Waals surface area contributed by atoms with Gasteiger partial charge in [-0.1, -0.05) is 0 Å². The second-order valence-corrected chi connectivity index (χ2v) is 4.63. The molecule has 0 unspecified atom stereocenters. The number of halogens is 2. The molecular weight excluding hydrogens is 311 g/mol. The van der Waals surface area contributed by atoms with Gasteiger partial charge in [0.25, 0.3) is 0 Å². The van der Waals surface area contributed by atoms with Crippen LogP contribution in [0, 0.1) is 17.1 Å². The summed E-state index contributed by atoms with van der Waals surface area (Å²) in [6.07, 6.45) is 0. The average molecular weight is 321 g/mol. The van der Waals surface area contributed by atoms with Crippen LogP contribution in [0.4, 0.5) is 15.8 Å². The number of nitrogens with one attached hydrogen (secondary N) is 1. The summed E-state index contributed by atoms with van der Waals surface area (Å²) >= 11 is 3.38. The van der Waals surface area contributed by atoms with E-state index >= 15 is 0 Å². The minimum absolute atomic E-state index is 0.285. The van der Waals surface area contributed by atoms with Crippen molar-refractivity contribution in [2.24, 2.45) is 0 Å². The van der Waals surface area contributed by atoms with Crippen molar-refractivity contribution in [1.82, 2.24) is 0 Å². The summed E-state index contributed by atoms with van der Waals surface area (Å²) in [6.45, 7) is 0. The Morgan fingerprint density at radius 3 is 2.63 bits per heavy atom. The van der Waals surface area contributed by atoms with E-state index in [0.29, 0.717) is 17.1 Å². The molecule has 0 aliphatic carbocycles. The summed E-state index contributed by atoms with van der Waals surface area (Å²) in [5.74, 6) is 0.188. The Kier molecular flexibility index (Phi) is 4.03. The number of nitrogens with zero attached hydrogens (tertiary/aromatic N) is 1. The highest BCUT2D eigenvalue weighted by Crippen LogP contribution is 2.30. The third-order valence-electron chi connectivity index (χ3n) is 2.54. The molecule has 5 heteroatoms. The van der Waals surface area contributed by atoms with Crippen LogP contribution in [0.25, 0.3) is 0 Å². The lowest BCUT2D eigenvalue weighted by atomic mass is 10.2. The molecule has 0 aliphatic rings. The van der Waals surface area contributed by atoms with Crippen LogP contribution in [0.2, 0.25) is 0 Å². The van der Waals surface area contributed by atoms with Gasteiger partial charge in [-0.05, 0) is 46.3 Å². The lowest BCUT2D eigenvalue weighted by Crippen LogP contribution is -1.96.